The van der Waals surface area contributed by atoms with E-state index in [1.807, 2.05) is 24.3 Å². The van der Waals surface area contributed by atoms with Crippen molar-refractivity contribution in [2.45, 2.75) is 104 Å². The molecule has 0 radical (unpaired) electrons. The van der Waals surface area contributed by atoms with Crippen LogP contribution in [0.15, 0.2) is 24.3 Å². The Bertz CT molecular complexity index is 1110. The standard InChI is InChI=1S/C32H50N4O6/c1-7-8-15-34-28(39)21(2)16-26(37)24(35-30(41)42-31(3,4)5)18-32(13-14-32)19-27(38)36-20-23(29(40)33-6)17-22-11-9-10-12-25(22)36/h9-12,21,23-24,26,37H,7-8,13-20H2,1-6H3,(H,33,40)(H,34,39)(H,35,41)/t21-,23?,24+,26+/m1/s1. The minimum Gasteiger partial charge on any atom is -0.444 e. The van der Waals surface area contributed by atoms with Crippen molar-refractivity contribution in [1.29, 1.82) is 0 Å². The van der Waals surface area contributed by atoms with Crippen molar-refractivity contribution in [3.63, 3.8) is 0 Å². The topological polar surface area (TPSA) is 137 Å². The van der Waals surface area contributed by atoms with Crippen molar-refractivity contribution in [3.8, 4) is 0 Å². The lowest BCUT2D eigenvalue weighted by Gasteiger charge is -2.35. The Morgan fingerprint density at radius 2 is 1.86 bits per heavy atom. The van der Waals surface area contributed by atoms with E-state index in [2.05, 4.69) is 22.9 Å². The zero-order chi connectivity index (χ0) is 31.1. The number of alkyl carbamates (subject to hydrolysis) is 1. The number of aliphatic hydroxyl groups excluding tert-OH is 1. The van der Waals surface area contributed by atoms with E-state index in [1.165, 1.54) is 0 Å². The zero-order valence-electron chi connectivity index (χ0n) is 26.1. The van der Waals surface area contributed by atoms with Gasteiger partial charge in [-0.15, -0.1) is 0 Å². The summed E-state index contributed by atoms with van der Waals surface area (Å²) in [7, 11) is 1.60. The van der Waals surface area contributed by atoms with E-state index >= 15 is 0 Å². The molecular weight excluding hydrogens is 536 g/mol. The van der Waals surface area contributed by atoms with Gasteiger partial charge in [-0.25, -0.2) is 4.79 Å². The molecule has 10 heteroatoms. The average Bonchev–Trinajstić information content (AvgIpc) is 3.68. The molecule has 0 aromatic heterocycles. The Balaban J connectivity index is 1.74. The molecule has 4 N–H and O–H groups in total. The molecule has 1 aromatic rings. The van der Waals surface area contributed by atoms with Gasteiger partial charge >= 0.3 is 6.09 Å². The molecule has 1 fully saturated rings. The first-order valence-electron chi connectivity index (χ1n) is 15.3. The van der Waals surface area contributed by atoms with Crippen LogP contribution >= 0.6 is 0 Å². The highest BCUT2D eigenvalue weighted by Gasteiger charge is 2.48. The molecule has 1 aliphatic heterocycles. The van der Waals surface area contributed by atoms with E-state index in [0.29, 0.717) is 25.9 Å². The van der Waals surface area contributed by atoms with Crippen LogP contribution in [0.5, 0.6) is 0 Å². The number of nitrogens with one attached hydrogen (secondary N) is 3. The number of rotatable bonds is 13. The van der Waals surface area contributed by atoms with Gasteiger partial charge in [-0.2, -0.15) is 0 Å². The second kappa shape index (κ2) is 14.4. The summed E-state index contributed by atoms with van der Waals surface area (Å²) in [6.45, 7) is 10.0. The smallest absolute Gasteiger partial charge is 0.407 e. The summed E-state index contributed by atoms with van der Waals surface area (Å²) >= 11 is 0. The van der Waals surface area contributed by atoms with Crippen LogP contribution in [-0.2, 0) is 25.5 Å². The number of carbonyl (C=O) groups is 4. The number of fused-ring (bicyclic) bond motifs is 1. The van der Waals surface area contributed by atoms with Gasteiger partial charge < -0.3 is 30.7 Å². The number of benzene rings is 1. The molecule has 1 aromatic carbocycles. The molecule has 1 saturated carbocycles. The highest BCUT2D eigenvalue weighted by Crippen LogP contribution is 2.53. The maximum absolute atomic E-state index is 13.8. The molecule has 0 saturated heterocycles. The van der Waals surface area contributed by atoms with E-state index < -0.39 is 35.2 Å². The first-order valence-corrected chi connectivity index (χ1v) is 15.3. The third kappa shape index (κ3) is 9.44. The molecule has 1 aliphatic carbocycles. The van der Waals surface area contributed by atoms with Crippen LogP contribution in [0.2, 0.25) is 0 Å². The molecule has 2 aliphatic rings. The second-order valence-electron chi connectivity index (χ2n) is 13.1. The molecule has 10 nitrogen and oxygen atoms in total. The van der Waals surface area contributed by atoms with Crippen molar-refractivity contribution < 1.29 is 29.0 Å². The fourth-order valence-electron chi connectivity index (χ4n) is 5.66. The number of amides is 4. The van der Waals surface area contributed by atoms with E-state index in [4.69, 9.17) is 4.74 Å². The molecule has 4 amide bonds. The summed E-state index contributed by atoms with van der Waals surface area (Å²) in [5, 5.41) is 19.7. The molecule has 0 spiro atoms. The number of carbonyl (C=O) groups excluding carboxylic acids is 4. The Hall–Kier alpha value is -3.14. The van der Waals surface area contributed by atoms with Crippen LogP contribution in [-0.4, -0.2) is 66.8 Å². The molecule has 3 rings (SSSR count). The van der Waals surface area contributed by atoms with Gasteiger partial charge in [-0.3, -0.25) is 14.4 Å². The van der Waals surface area contributed by atoms with Gasteiger partial charge in [-0.1, -0.05) is 38.5 Å². The van der Waals surface area contributed by atoms with Crippen LogP contribution in [0.25, 0.3) is 0 Å². The van der Waals surface area contributed by atoms with E-state index in [0.717, 1.165) is 36.9 Å². The first-order chi connectivity index (χ1) is 19.8. The third-order valence-electron chi connectivity index (χ3n) is 8.24. The lowest BCUT2D eigenvalue weighted by molar-refractivity contribution is -0.126. The SMILES string of the molecule is CCCCNC(=O)[C@H](C)C[C@H](O)[C@H](CC1(CC(=O)N2CC(C(=O)NC)Cc3ccccc32)CC1)NC(=O)OC(C)(C)C. The molecule has 42 heavy (non-hydrogen) atoms. The summed E-state index contributed by atoms with van der Waals surface area (Å²) in [6.07, 6.45) is 3.09. The summed E-state index contributed by atoms with van der Waals surface area (Å²) < 4.78 is 5.48. The van der Waals surface area contributed by atoms with Gasteiger partial charge in [0, 0.05) is 38.2 Å². The predicted molar refractivity (Wildman–Crippen MR) is 162 cm³/mol. The molecule has 1 heterocycles. The van der Waals surface area contributed by atoms with Gasteiger partial charge in [0.2, 0.25) is 17.7 Å². The molecular formula is C32H50N4O6. The van der Waals surface area contributed by atoms with Crippen molar-refractivity contribution >= 4 is 29.5 Å². The van der Waals surface area contributed by atoms with Crippen molar-refractivity contribution in [1.82, 2.24) is 16.0 Å². The number of unbranched alkanes of at least 4 members (excludes halogenated alkanes) is 1. The number of para-hydroxylation sites is 1. The molecule has 234 valence electrons. The van der Waals surface area contributed by atoms with Gasteiger partial charge in [0.05, 0.1) is 18.1 Å². The number of aliphatic hydroxyl groups is 1. The molecule has 4 atom stereocenters. The normalized spacial score (nSPS) is 19.5. The summed E-state index contributed by atoms with van der Waals surface area (Å²) in [5.41, 5.74) is 0.660. The Labute approximate surface area is 250 Å². The van der Waals surface area contributed by atoms with E-state index in [1.54, 1.807) is 39.6 Å². The van der Waals surface area contributed by atoms with E-state index in [9.17, 15) is 24.3 Å². The maximum Gasteiger partial charge on any atom is 0.407 e. The number of nitrogens with zero attached hydrogens (tertiary/aromatic N) is 1. The fraction of sp³-hybridized carbons (Fsp3) is 0.688. The summed E-state index contributed by atoms with van der Waals surface area (Å²) in [6, 6.07) is 6.97. The predicted octanol–water partition coefficient (Wildman–Crippen LogP) is 3.70. The lowest BCUT2D eigenvalue weighted by Crippen LogP contribution is -2.49. The summed E-state index contributed by atoms with van der Waals surface area (Å²) in [4.78, 5) is 53.4. The van der Waals surface area contributed by atoms with E-state index in [-0.39, 0.29) is 36.5 Å². The van der Waals surface area contributed by atoms with Gasteiger partial charge in [0.25, 0.3) is 0 Å². The third-order valence-corrected chi connectivity index (χ3v) is 8.24. The highest BCUT2D eigenvalue weighted by atomic mass is 16.6. The Kier molecular flexibility index (Phi) is 11.4. The van der Waals surface area contributed by atoms with Gasteiger partial charge in [0.1, 0.15) is 5.60 Å². The Morgan fingerprint density at radius 3 is 2.48 bits per heavy atom. The minimum atomic E-state index is -1.01. The number of hydrogen-bond donors (Lipinski definition) is 4. The minimum absolute atomic E-state index is 0.0808. The summed E-state index contributed by atoms with van der Waals surface area (Å²) in [5.74, 6) is -1.10. The number of hydrogen-bond acceptors (Lipinski definition) is 6. The van der Waals surface area contributed by atoms with Crippen LogP contribution in [0.3, 0.4) is 0 Å². The van der Waals surface area contributed by atoms with Crippen LogP contribution in [0.1, 0.15) is 85.1 Å². The van der Waals surface area contributed by atoms with Crippen molar-refractivity contribution in [2.75, 3.05) is 25.0 Å². The highest BCUT2D eigenvalue weighted by molar-refractivity contribution is 5.96. The fourth-order valence-corrected chi connectivity index (χ4v) is 5.66. The lowest BCUT2D eigenvalue weighted by atomic mass is 9.86. The van der Waals surface area contributed by atoms with Crippen LogP contribution in [0, 0.1) is 17.3 Å². The van der Waals surface area contributed by atoms with Crippen LogP contribution < -0.4 is 20.9 Å². The van der Waals surface area contributed by atoms with Crippen molar-refractivity contribution in [2.24, 2.45) is 17.3 Å². The zero-order valence-corrected chi connectivity index (χ0v) is 26.1. The second-order valence-corrected chi connectivity index (χ2v) is 13.1. The first kappa shape index (κ1) is 33.4. The van der Waals surface area contributed by atoms with Crippen LogP contribution in [0.4, 0.5) is 10.5 Å². The van der Waals surface area contributed by atoms with Crippen molar-refractivity contribution in [3.05, 3.63) is 29.8 Å². The number of anilines is 1. The molecule has 1 unspecified atom stereocenters. The monoisotopic (exact) mass is 586 g/mol. The number of ether oxygens (including phenoxy) is 1. The Morgan fingerprint density at radius 1 is 1.17 bits per heavy atom. The van der Waals surface area contributed by atoms with Gasteiger partial charge in [-0.05, 0) is 76.3 Å². The van der Waals surface area contributed by atoms with Gasteiger partial charge in [0.15, 0.2) is 0 Å². The molecule has 0 bridgehead atoms. The average molecular weight is 587 g/mol. The maximum atomic E-state index is 13.8. The largest absolute Gasteiger partial charge is 0.444 e. The quantitative estimate of drug-likeness (QED) is 0.260.